The van der Waals surface area contributed by atoms with E-state index in [-0.39, 0.29) is 25.5 Å². The molecule has 0 radical (unpaired) electrons. The van der Waals surface area contributed by atoms with Crippen molar-refractivity contribution in [1.82, 2.24) is 30.5 Å². The Morgan fingerprint density at radius 1 is 1.20 bits per heavy atom. The van der Waals surface area contributed by atoms with Gasteiger partial charge >= 0.3 is 0 Å². The van der Waals surface area contributed by atoms with Crippen LogP contribution in [0.4, 0.5) is 0 Å². The molecule has 11 nitrogen and oxygen atoms in total. The van der Waals surface area contributed by atoms with Gasteiger partial charge in [-0.1, -0.05) is 36.4 Å². The van der Waals surface area contributed by atoms with Crippen LogP contribution < -0.4 is 15.8 Å². The molecule has 1 aliphatic carbocycles. The van der Waals surface area contributed by atoms with Crippen molar-refractivity contribution in [3.8, 4) is 11.9 Å². The number of ether oxygens (including phenoxy) is 2. The first-order valence-corrected chi connectivity index (χ1v) is 11.5. The highest BCUT2D eigenvalue weighted by atomic mass is 16.5. The van der Waals surface area contributed by atoms with Crippen LogP contribution in [0.3, 0.4) is 0 Å². The van der Waals surface area contributed by atoms with E-state index in [1.807, 2.05) is 36.4 Å². The summed E-state index contributed by atoms with van der Waals surface area (Å²) in [6.07, 6.45) is 3.87. The number of hydrogen-bond donors (Lipinski definition) is 2. The molecule has 1 fully saturated rings. The molecule has 182 valence electrons. The third kappa shape index (κ3) is 6.17. The van der Waals surface area contributed by atoms with Crippen LogP contribution in [0, 0.1) is 11.3 Å². The zero-order valence-electron chi connectivity index (χ0n) is 19.3. The highest BCUT2D eigenvalue weighted by Crippen LogP contribution is 2.30. The Bertz CT molecular complexity index is 1130. The topological polar surface area (TPSA) is 154 Å². The van der Waals surface area contributed by atoms with Crippen molar-refractivity contribution < 1.29 is 14.3 Å². The standard InChI is InChI=1S/C24H28N8O3/c25-13-10-19(16-35-21-9-4-5-14-27-21)32-22(29-30-31-32)20(28-23(33)24(26)11-6-12-24)17-34-15-18-7-2-1-3-8-18/h1-5,7-9,14,19-20H,6,10-12,15-17,26H2,(H,28,33)/t19-,20-/m1/s1. The van der Waals surface area contributed by atoms with Crippen LogP contribution in [0.15, 0.2) is 54.7 Å². The minimum absolute atomic E-state index is 0.0945. The van der Waals surface area contributed by atoms with E-state index >= 15 is 0 Å². The predicted molar refractivity (Wildman–Crippen MR) is 125 cm³/mol. The first-order valence-electron chi connectivity index (χ1n) is 11.5. The summed E-state index contributed by atoms with van der Waals surface area (Å²) >= 11 is 0. The summed E-state index contributed by atoms with van der Waals surface area (Å²) < 4.78 is 13.2. The minimum atomic E-state index is -0.899. The maximum Gasteiger partial charge on any atom is 0.240 e. The zero-order chi connectivity index (χ0) is 24.5. The number of nitrogens with two attached hydrogens (primary N) is 1. The minimum Gasteiger partial charge on any atom is -0.475 e. The maximum absolute atomic E-state index is 12.9. The molecule has 3 aromatic rings. The first-order chi connectivity index (χ1) is 17.1. The van der Waals surface area contributed by atoms with Crippen LogP contribution in [0.1, 0.15) is 49.2 Å². The Labute approximate surface area is 203 Å². The smallest absolute Gasteiger partial charge is 0.240 e. The normalized spacial score (nSPS) is 15.9. The number of nitrogens with one attached hydrogen (secondary N) is 1. The van der Waals surface area contributed by atoms with Gasteiger partial charge in [-0.05, 0) is 41.3 Å². The molecule has 0 saturated heterocycles. The molecule has 0 unspecified atom stereocenters. The van der Waals surface area contributed by atoms with E-state index in [1.165, 1.54) is 4.68 Å². The largest absolute Gasteiger partial charge is 0.475 e. The second-order valence-corrected chi connectivity index (χ2v) is 8.51. The highest BCUT2D eigenvalue weighted by Gasteiger charge is 2.41. The van der Waals surface area contributed by atoms with Crippen molar-refractivity contribution in [2.24, 2.45) is 5.73 Å². The number of nitriles is 1. The van der Waals surface area contributed by atoms with E-state index in [4.69, 9.17) is 15.2 Å². The second-order valence-electron chi connectivity index (χ2n) is 8.51. The Balaban J connectivity index is 1.51. The van der Waals surface area contributed by atoms with E-state index < -0.39 is 17.6 Å². The average molecular weight is 477 g/mol. The number of hydrogen-bond acceptors (Lipinski definition) is 9. The molecule has 0 aliphatic heterocycles. The number of nitrogens with zero attached hydrogens (tertiary/aromatic N) is 6. The molecule has 2 heterocycles. The molecule has 2 aromatic heterocycles. The van der Waals surface area contributed by atoms with Gasteiger partial charge in [0.2, 0.25) is 11.8 Å². The van der Waals surface area contributed by atoms with Crippen molar-refractivity contribution in [3.05, 3.63) is 66.1 Å². The molecule has 0 bridgehead atoms. The van der Waals surface area contributed by atoms with Gasteiger partial charge in [0.1, 0.15) is 18.7 Å². The lowest BCUT2D eigenvalue weighted by Gasteiger charge is -2.37. The van der Waals surface area contributed by atoms with Crippen LogP contribution in [0.25, 0.3) is 0 Å². The molecule has 1 aliphatic rings. The molecule has 4 rings (SSSR count). The van der Waals surface area contributed by atoms with Gasteiger partial charge in [-0.15, -0.1) is 5.10 Å². The summed E-state index contributed by atoms with van der Waals surface area (Å²) in [5.74, 6) is 0.517. The lowest BCUT2D eigenvalue weighted by Crippen LogP contribution is -2.59. The van der Waals surface area contributed by atoms with E-state index in [1.54, 1.807) is 18.3 Å². The molecule has 3 N–H and O–H groups in total. The maximum atomic E-state index is 12.9. The summed E-state index contributed by atoms with van der Waals surface area (Å²) in [6.45, 7) is 0.597. The molecular formula is C24H28N8O3. The molecule has 1 saturated carbocycles. The van der Waals surface area contributed by atoms with Crippen molar-refractivity contribution in [2.75, 3.05) is 13.2 Å². The summed E-state index contributed by atoms with van der Waals surface area (Å²) in [4.78, 5) is 17.1. The molecule has 35 heavy (non-hydrogen) atoms. The molecule has 11 heteroatoms. The lowest BCUT2D eigenvalue weighted by atomic mass is 9.77. The SMILES string of the molecule is N#CC[C@H](COc1ccccn1)n1nnnc1[C@@H](COCc1ccccc1)NC(=O)C1(N)CCC1. The second kappa shape index (κ2) is 11.5. The van der Waals surface area contributed by atoms with Gasteiger partial charge in [-0.25, -0.2) is 9.67 Å². The van der Waals surface area contributed by atoms with Gasteiger partial charge in [0.05, 0.1) is 31.2 Å². The van der Waals surface area contributed by atoms with E-state index in [0.29, 0.717) is 31.2 Å². The number of pyridine rings is 1. The van der Waals surface area contributed by atoms with E-state index in [9.17, 15) is 10.1 Å². The van der Waals surface area contributed by atoms with Crippen LogP contribution in [-0.2, 0) is 16.1 Å². The van der Waals surface area contributed by atoms with Crippen LogP contribution in [0.5, 0.6) is 5.88 Å². The Hall–Kier alpha value is -3.88. The third-order valence-electron chi connectivity index (χ3n) is 5.96. The number of aromatic nitrogens is 5. The van der Waals surface area contributed by atoms with Crippen molar-refractivity contribution in [3.63, 3.8) is 0 Å². The summed E-state index contributed by atoms with van der Waals surface area (Å²) in [7, 11) is 0. The fourth-order valence-corrected chi connectivity index (χ4v) is 3.76. The average Bonchev–Trinajstić information content (AvgIpc) is 3.35. The van der Waals surface area contributed by atoms with Crippen LogP contribution in [0.2, 0.25) is 0 Å². The molecule has 2 atom stereocenters. The Morgan fingerprint density at radius 2 is 2.00 bits per heavy atom. The Morgan fingerprint density at radius 3 is 2.69 bits per heavy atom. The monoisotopic (exact) mass is 476 g/mol. The number of benzene rings is 1. The van der Waals surface area contributed by atoms with Gasteiger partial charge < -0.3 is 20.5 Å². The van der Waals surface area contributed by atoms with E-state index in [2.05, 4.69) is 31.9 Å². The molecular weight excluding hydrogens is 448 g/mol. The fourth-order valence-electron chi connectivity index (χ4n) is 3.76. The summed E-state index contributed by atoms with van der Waals surface area (Å²) in [6, 6.07) is 16.0. The number of rotatable bonds is 12. The number of tetrazole rings is 1. The summed E-state index contributed by atoms with van der Waals surface area (Å²) in [5.41, 5.74) is 6.34. The first kappa shape index (κ1) is 24.3. The van der Waals surface area contributed by atoms with Gasteiger partial charge in [0.25, 0.3) is 0 Å². The molecule has 0 spiro atoms. The van der Waals surface area contributed by atoms with E-state index in [0.717, 1.165) is 12.0 Å². The van der Waals surface area contributed by atoms with Crippen molar-refractivity contribution in [2.45, 2.75) is 49.9 Å². The molecule has 1 amide bonds. The quantitative estimate of drug-likeness (QED) is 0.398. The summed E-state index contributed by atoms with van der Waals surface area (Å²) in [5, 5.41) is 24.5. The number of carbonyl (C=O) groups excluding carboxylic acids is 1. The van der Waals surface area contributed by atoms with Gasteiger partial charge in [0, 0.05) is 12.3 Å². The van der Waals surface area contributed by atoms with Crippen molar-refractivity contribution >= 4 is 5.91 Å². The number of amides is 1. The third-order valence-corrected chi connectivity index (χ3v) is 5.96. The van der Waals surface area contributed by atoms with Gasteiger partial charge in [-0.2, -0.15) is 5.26 Å². The van der Waals surface area contributed by atoms with Crippen LogP contribution in [-0.4, -0.2) is 49.9 Å². The highest BCUT2D eigenvalue weighted by molar-refractivity contribution is 5.87. The van der Waals surface area contributed by atoms with Crippen molar-refractivity contribution in [1.29, 1.82) is 5.26 Å². The Kier molecular flexibility index (Phi) is 7.97. The molecule has 1 aromatic carbocycles. The van der Waals surface area contributed by atoms with Gasteiger partial charge in [0.15, 0.2) is 5.82 Å². The zero-order valence-corrected chi connectivity index (χ0v) is 19.3. The van der Waals surface area contributed by atoms with Gasteiger partial charge in [-0.3, -0.25) is 4.79 Å². The van der Waals surface area contributed by atoms with Crippen LogP contribution >= 0.6 is 0 Å². The predicted octanol–water partition coefficient (Wildman–Crippen LogP) is 1.86. The number of carbonyl (C=O) groups is 1. The fraction of sp³-hybridized carbons (Fsp3) is 0.417. The lowest BCUT2D eigenvalue weighted by molar-refractivity contribution is -0.130.